The van der Waals surface area contributed by atoms with Crippen LogP contribution < -0.4 is 4.90 Å². The van der Waals surface area contributed by atoms with Gasteiger partial charge >= 0.3 is 0 Å². The molecule has 1 aliphatic carbocycles. The first-order chi connectivity index (χ1) is 11.8. The van der Waals surface area contributed by atoms with Crippen molar-refractivity contribution in [2.24, 2.45) is 11.8 Å². The molecule has 0 unspecified atom stereocenters. The van der Waals surface area contributed by atoms with Crippen molar-refractivity contribution in [3.8, 4) is 6.07 Å². The van der Waals surface area contributed by atoms with Gasteiger partial charge in [0.1, 0.15) is 18.4 Å². The minimum Gasteiger partial charge on any atom is -0.377 e. The van der Waals surface area contributed by atoms with Gasteiger partial charge in [-0.15, -0.1) is 0 Å². The van der Waals surface area contributed by atoms with Gasteiger partial charge in [0.05, 0.1) is 0 Å². The summed E-state index contributed by atoms with van der Waals surface area (Å²) < 4.78 is 5.12. The molecule has 2 atom stereocenters. The molecule has 1 aliphatic heterocycles. The van der Waals surface area contributed by atoms with E-state index in [0.29, 0.717) is 24.1 Å². The smallest absolute Gasteiger partial charge is 0.156 e. The number of anilines is 1. The predicted octanol–water partition coefficient (Wildman–Crippen LogP) is 1.85. The second-order valence-electron chi connectivity index (χ2n) is 6.60. The van der Waals surface area contributed by atoms with Gasteiger partial charge in [0.25, 0.3) is 0 Å². The fourth-order valence-electron chi connectivity index (χ4n) is 3.67. The van der Waals surface area contributed by atoms with E-state index in [0.717, 1.165) is 36.3 Å². The van der Waals surface area contributed by atoms with E-state index in [4.69, 9.17) is 10.00 Å². The second-order valence-corrected chi connectivity index (χ2v) is 6.60. The topological polar surface area (TPSA) is 90.7 Å². The highest BCUT2D eigenvalue weighted by atomic mass is 16.5. The lowest BCUT2D eigenvalue weighted by Gasteiger charge is -2.18. The summed E-state index contributed by atoms with van der Waals surface area (Å²) in [5.41, 5.74) is 1.52. The summed E-state index contributed by atoms with van der Waals surface area (Å²) in [6, 6.07) is 5.95. The molecule has 1 N–H and O–H groups in total. The number of hydrogen-bond acceptors (Lipinski definition) is 6. The van der Waals surface area contributed by atoms with Gasteiger partial charge in [0.2, 0.25) is 0 Å². The Morgan fingerprint density at radius 3 is 3.04 bits per heavy atom. The fourth-order valence-corrected chi connectivity index (χ4v) is 3.67. The third-order valence-corrected chi connectivity index (χ3v) is 4.98. The van der Waals surface area contributed by atoms with Crippen molar-refractivity contribution in [3.63, 3.8) is 0 Å². The van der Waals surface area contributed by atoms with Crippen LogP contribution in [0.5, 0.6) is 0 Å². The largest absolute Gasteiger partial charge is 0.377 e. The number of nitrogens with zero attached hydrogens (tertiary/aromatic N) is 5. The molecule has 0 spiro atoms. The maximum absolute atomic E-state index is 9.07. The number of H-pyrrole nitrogens is 1. The highest BCUT2D eigenvalue weighted by Gasteiger charge is 2.44. The zero-order valence-corrected chi connectivity index (χ0v) is 13.6. The first-order valence-corrected chi connectivity index (χ1v) is 8.29. The van der Waals surface area contributed by atoms with Gasteiger partial charge in [0.15, 0.2) is 11.6 Å². The quantitative estimate of drug-likeness (QED) is 0.902. The van der Waals surface area contributed by atoms with Crippen molar-refractivity contribution >= 4 is 5.69 Å². The number of aromatic amines is 1. The highest BCUT2D eigenvalue weighted by molar-refractivity contribution is 5.50. The second kappa shape index (κ2) is 6.21. The summed E-state index contributed by atoms with van der Waals surface area (Å²) in [5, 5.41) is 16.5. The molecule has 1 saturated heterocycles. The van der Waals surface area contributed by atoms with E-state index in [2.05, 4.69) is 31.1 Å². The standard InChI is InChI=1S/C17H20N6O/c1-24-10-16-20-17(22-21-16)15-9-23(8-14(15)11-2-3-11)13-4-5-19-12(6-13)7-18/h4-6,11,14-15H,2-3,8-10H2,1H3,(H,20,21,22)/t14-,15+/m1/s1. The van der Waals surface area contributed by atoms with Gasteiger partial charge in [0, 0.05) is 38.0 Å². The van der Waals surface area contributed by atoms with Crippen molar-refractivity contribution in [1.29, 1.82) is 5.26 Å². The first kappa shape index (κ1) is 15.1. The van der Waals surface area contributed by atoms with Crippen LogP contribution in [0.1, 0.15) is 36.1 Å². The van der Waals surface area contributed by atoms with E-state index in [9.17, 15) is 0 Å². The molecule has 0 aromatic carbocycles. The molecule has 1 saturated carbocycles. The summed E-state index contributed by atoms with van der Waals surface area (Å²) in [5.74, 6) is 3.31. The van der Waals surface area contributed by atoms with E-state index in [1.54, 1.807) is 13.3 Å². The van der Waals surface area contributed by atoms with Gasteiger partial charge in [-0.3, -0.25) is 5.10 Å². The summed E-state index contributed by atoms with van der Waals surface area (Å²) in [6.45, 7) is 2.31. The average Bonchev–Trinajstić information content (AvgIpc) is 3.19. The Kier molecular flexibility index (Phi) is 3.90. The Bertz CT molecular complexity index is 762. The zero-order chi connectivity index (χ0) is 16.5. The summed E-state index contributed by atoms with van der Waals surface area (Å²) in [4.78, 5) is 11.0. The molecular weight excluding hydrogens is 304 g/mol. The van der Waals surface area contributed by atoms with Crippen LogP contribution in [-0.4, -0.2) is 40.4 Å². The number of hydrogen-bond donors (Lipinski definition) is 1. The lowest BCUT2D eigenvalue weighted by atomic mass is 9.91. The van der Waals surface area contributed by atoms with Gasteiger partial charge in [-0.2, -0.15) is 10.4 Å². The molecule has 0 radical (unpaired) electrons. The van der Waals surface area contributed by atoms with Gasteiger partial charge in [-0.05, 0) is 36.8 Å². The number of methoxy groups -OCH3 is 1. The lowest BCUT2D eigenvalue weighted by molar-refractivity contribution is 0.178. The highest BCUT2D eigenvalue weighted by Crippen LogP contribution is 2.47. The fraction of sp³-hybridized carbons (Fsp3) is 0.529. The van der Waals surface area contributed by atoms with Gasteiger partial charge in [-0.1, -0.05) is 0 Å². The Morgan fingerprint density at radius 2 is 2.29 bits per heavy atom. The van der Waals surface area contributed by atoms with Crippen molar-refractivity contribution < 1.29 is 4.74 Å². The number of rotatable bonds is 5. The summed E-state index contributed by atoms with van der Waals surface area (Å²) in [7, 11) is 1.66. The number of ether oxygens (including phenoxy) is 1. The molecule has 0 bridgehead atoms. The molecule has 2 aromatic heterocycles. The Morgan fingerprint density at radius 1 is 1.42 bits per heavy atom. The van der Waals surface area contributed by atoms with Crippen LogP contribution in [0.4, 0.5) is 5.69 Å². The normalized spacial score (nSPS) is 23.4. The third kappa shape index (κ3) is 2.85. The van der Waals surface area contributed by atoms with Crippen molar-refractivity contribution in [2.45, 2.75) is 25.4 Å². The van der Waals surface area contributed by atoms with E-state index in [-0.39, 0.29) is 0 Å². The Labute approximate surface area is 140 Å². The minimum atomic E-state index is 0.318. The molecule has 2 aliphatic rings. The Balaban J connectivity index is 1.58. The predicted molar refractivity (Wildman–Crippen MR) is 87.2 cm³/mol. The van der Waals surface area contributed by atoms with E-state index < -0.39 is 0 Å². The van der Waals surface area contributed by atoms with Crippen LogP contribution in [0.3, 0.4) is 0 Å². The molecule has 0 amide bonds. The number of pyridine rings is 1. The van der Waals surface area contributed by atoms with E-state index in [1.807, 2.05) is 12.1 Å². The van der Waals surface area contributed by atoms with Crippen LogP contribution >= 0.6 is 0 Å². The van der Waals surface area contributed by atoms with Crippen LogP contribution in [0.15, 0.2) is 18.3 Å². The number of aromatic nitrogens is 4. The van der Waals surface area contributed by atoms with Crippen LogP contribution in [0.25, 0.3) is 0 Å². The van der Waals surface area contributed by atoms with Crippen molar-refractivity contribution in [2.75, 3.05) is 25.1 Å². The molecule has 124 valence electrons. The average molecular weight is 324 g/mol. The molecule has 7 heteroatoms. The Hall–Kier alpha value is -2.46. The molecular formula is C17H20N6O. The lowest BCUT2D eigenvalue weighted by Crippen LogP contribution is -2.20. The maximum Gasteiger partial charge on any atom is 0.156 e. The minimum absolute atomic E-state index is 0.318. The van der Waals surface area contributed by atoms with Crippen LogP contribution in [-0.2, 0) is 11.3 Å². The van der Waals surface area contributed by atoms with Gasteiger partial charge in [-0.25, -0.2) is 9.97 Å². The molecule has 4 rings (SSSR count). The summed E-state index contributed by atoms with van der Waals surface area (Å²) in [6.07, 6.45) is 4.30. The van der Waals surface area contributed by atoms with Crippen molar-refractivity contribution in [1.82, 2.24) is 20.2 Å². The molecule has 7 nitrogen and oxygen atoms in total. The monoisotopic (exact) mass is 324 g/mol. The summed E-state index contributed by atoms with van der Waals surface area (Å²) >= 11 is 0. The van der Waals surface area contributed by atoms with E-state index in [1.165, 1.54) is 12.8 Å². The third-order valence-electron chi connectivity index (χ3n) is 4.98. The van der Waals surface area contributed by atoms with E-state index >= 15 is 0 Å². The first-order valence-electron chi connectivity index (χ1n) is 8.29. The van der Waals surface area contributed by atoms with Gasteiger partial charge < -0.3 is 9.64 Å². The molecule has 24 heavy (non-hydrogen) atoms. The zero-order valence-electron chi connectivity index (χ0n) is 13.6. The molecule has 2 aromatic rings. The number of nitrogens with one attached hydrogen (secondary N) is 1. The van der Waals surface area contributed by atoms with Crippen LogP contribution in [0.2, 0.25) is 0 Å². The van der Waals surface area contributed by atoms with Crippen LogP contribution in [0, 0.1) is 23.2 Å². The maximum atomic E-state index is 9.07. The SMILES string of the molecule is COCc1nc([C@H]2CN(c3ccnc(C#N)c3)C[C@@H]2C2CC2)n[nH]1. The molecule has 3 heterocycles. The number of nitriles is 1. The molecule has 2 fully saturated rings. The van der Waals surface area contributed by atoms with Crippen molar-refractivity contribution in [3.05, 3.63) is 35.7 Å².